The number of hydrogen-bond acceptors (Lipinski definition) is 7. The lowest BCUT2D eigenvalue weighted by molar-refractivity contribution is -0.130. The summed E-state index contributed by atoms with van der Waals surface area (Å²) in [5, 5.41) is 19.8. The van der Waals surface area contributed by atoms with E-state index in [4.69, 9.17) is 4.74 Å². The fraction of sp³-hybridized carbons (Fsp3) is 0.600. The van der Waals surface area contributed by atoms with E-state index in [1.54, 1.807) is 38.7 Å². The molecule has 0 radical (unpaired) electrons. The molecule has 1 aromatic heterocycles. The molecule has 11 heteroatoms. The number of alkyl carbamates (subject to hydrolysis) is 1. The molecule has 2 aromatic rings. The number of benzene rings is 1. The highest BCUT2D eigenvalue weighted by molar-refractivity contribution is 7.99. The molecule has 1 aromatic carbocycles. The molecule has 0 aliphatic carbocycles. The van der Waals surface area contributed by atoms with Gasteiger partial charge in [0.25, 0.3) is 0 Å². The van der Waals surface area contributed by atoms with Crippen LogP contribution in [0, 0.1) is 5.92 Å². The van der Waals surface area contributed by atoms with Gasteiger partial charge in [-0.3, -0.25) is 9.59 Å². The first kappa shape index (κ1) is 34.2. The van der Waals surface area contributed by atoms with Gasteiger partial charge in [0.2, 0.25) is 11.8 Å². The minimum Gasteiger partial charge on any atom is -0.444 e. The first-order valence-electron chi connectivity index (χ1n) is 14.1. The maximum absolute atomic E-state index is 13.6. The van der Waals surface area contributed by atoms with Gasteiger partial charge in [0.15, 0.2) is 0 Å². The molecule has 0 spiro atoms. The highest BCUT2D eigenvalue weighted by Crippen LogP contribution is 2.17. The number of imidazole rings is 1. The summed E-state index contributed by atoms with van der Waals surface area (Å²) >= 11 is 1.62. The van der Waals surface area contributed by atoms with Crippen molar-refractivity contribution in [2.45, 2.75) is 103 Å². The Kier molecular flexibility index (Phi) is 13.7. The third-order valence-corrected chi connectivity index (χ3v) is 7.22. The molecule has 0 saturated carbocycles. The number of H-pyrrole nitrogens is 1. The summed E-state index contributed by atoms with van der Waals surface area (Å²) in [6, 6.07) is 6.82. The molecule has 10 nitrogen and oxygen atoms in total. The molecular formula is C30H47N5O5S. The van der Waals surface area contributed by atoms with Gasteiger partial charge < -0.3 is 30.8 Å². The molecule has 0 saturated heterocycles. The van der Waals surface area contributed by atoms with Gasteiger partial charge in [-0.2, -0.15) is 11.8 Å². The van der Waals surface area contributed by atoms with E-state index in [-0.39, 0.29) is 18.8 Å². The lowest BCUT2D eigenvalue weighted by Crippen LogP contribution is -2.57. The number of aliphatic hydroxyl groups is 1. The summed E-state index contributed by atoms with van der Waals surface area (Å²) in [4.78, 5) is 46.9. The van der Waals surface area contributed by atoms with Gasteiger partial charge in [-0.05, 0) is 43.9 Å². The summed E-state index contributed by atoms with van der Waals surface area (Å²) in [6.45, 7) is 13.4. The predicted molar refractivity (Wildman–Crippen MR) is 163 cm³/mol. The van der Waals surface area contributed by atoms with E-state index in [0.29, 0.717) is 23.1 Å². The Morgan fingerprint density at radius 1 is 0.976 bits per heavy atom. The highest BCUT2D eigenvalue weighted by Gasteiger charge is 2.31. The van der Waals surface area contributed by atoms with Crippen LogP contribution in [-0.2, 0) is 27.2 Å². The fourth-order valence-electron chi connectivity index (χ4n) is 4.12. The van der Waals surface area contributed by atoms with Crippen molar-refractivity contribution in [2.75, 3.05) is 5.75 Å². The number of amides is 3. The SMILES string of the molecule is CC(C)C[C@@H](NC(=O)[C@H](Cc1cnc[nH]1)NC(=O)[C@H](Cc1ccccc1)NC(=O)OC(C)(C)C)[C@H](O)CSC(C)C. The Balaban J connectivity index is 2.27. The van der Waals surface area contributed by atoms with Crippen molar-refractivity contribution in [3.63, 3.8) is 0 Å². The number of nitrogens with one attached hydrogen (secondary N) is 4. The number of aliphatic hydroxyl groups excluding tert-OH is 1. The molecule has 0 bridgehead atoms. The van der Waals surface area contributed by atoms with E-state index in [9.17, 15) is 19.5 Å². The summed E-state index contributed by atoms with van der Waals surface area (Å²) in [6.07, 6.45) is 2.53. The first-order valence-corrected chi connectivity index (χ1v) is 15.2. The standard InChI is InChI=1S/C30H47N5O5S/c1-19(2)13-23(26(36)17-41-20(3)4)33-28(38)25(15-22-16-31-18-32-22)34-27(37)24(14-21-11-9-8-10-12-21)35-29(39)40-30(5,6)7/h8-12,16,18-20,23-26,36H,13-15,17H2,1-7H3,(H,31,32)(H,33,38)(H,34,37)(H,35,39)/t23-,24+,25+,26-/m1/s1. The monoisotopic (exact) mass is 589 g/mol. The highest BCUT2D eigenvalue weighted by atomic mass is 32.2. The van der Waals surface area contributed by atoms with Gasteiger partial charge in [-0.15, -0.1) is 0 Å². The normalized spacial score (nSPS) is 14.7. The average molecular weight is 590 g/mol. The first-order chi connectivity index (χ1) is 19.2. The molecule has 0 aliphatic heterocycles. The molecular weight excluding hydrogens is 542 g/mol. The van der Waals surface area contributed by atoms with Crippen LogP contribution in [0.15, 0.2) is 42.9 Å². The van der Waals surface area contributed by atoms with Crippen molar-refractivity contribution in [2.24, 2.45) is 5.92 Å². The molecule has 2 rings (SSSR count). The van der Waals surface area contributed by atoms with Crippen LogP contribution in [-0.4, -0.2) is 73.8 Å². The Bertz CT molecular complexity index is 1070. The van der Waals surface area contributed by atoms with Crippen LogP contribution in [0.25, 0.3) is 0 Å². The van der Waals surface area contributed by atoms with Crippen LogP contribution in [0.1, 0.15) is 66.1 Å². The number of nitrogens with zero attached hydrogens (tertiary/aromatic N) is 1. The predicted octanol–water partition coefficient (Wildman–Crippen LogP) is 3.61. The van der Waals surface area contributed by atoms with Crippen molar-refractivity contribution in [3.05, 3.63) is 54.1 Å². The quantitative estimate of drug-likeness (QED) is 0.213. The number of hydrogen-bond donors (Lipinski definition) is 5. The van der Waals surface area contributed by atoms with Crippen molar-refractivity contribution >= 4 is 29.7 Å². The van der Waals surface area contributed by atoms with Crippen LogP contribution in [0.3, 0.4) is 0 Å². The van der Waals surface area contributed by atoms with Gasteiger partial charge in [0.05, 0.1) is 18.5 Å². The molecule has 1 heterocycles. The average Bonchev–Trinajstić information content (AvgIpc) is 3.38. The molecule has 0 aliphatic rings. The smallest absolute Gasteiger partial charge is 0.408 e. The van der Waals surface area contributed by atoms with Crippen LogP contribution in [0.4, 0.5) is 4.79 Å². The van der Waals surface area contributed by atoms with Crippen molar-refractivity contribution in [1.29, 1.82) is 0 Å². The largest absolute Gasteiger partial charge is 0.444 e. The Morgan fingerprint density at radius 2 is 1.61 bits per heavy atom. The number of thioether (sulfide) groups is 1. The number of aromatic amines is 1. The van der Waals surface area contributed by atoms with E-state index >= 15 is 0 Å². The minimum atomic E-state index is -0.996. The van der Waals surface area contributed by atoms with E-state index in [0.717, 1.165) is 5.56 Å². The van der Waals surface area contributed by atoms with Crippen LogP contribution < -0.4 is 16.0 Å². The molecule has 4 atom stereocenters. The minimum absolute atomic E-state index is 0.146. The number of ether oxygens (including phenoxy) is 1. The van der Waals surface area contributed by atoms with Gasteiger partial charge in [0.1, 0.15) is 17.7 Å². The Hall–Kier alpha value is -3.05. The Labute approximate surface area is 248 Å². The topological polar surface area (TPSA) is 145 Å². The van der Waals surface area contributed by atoms with E-state index in [2.05, 4.69) is 39.8 Å². The zero-order valence-corrected chi connectivity index (χ0v) is 26.1. The number of rotatable bonds is 15. The third-order valence-electron chi connectivity index (χ3n) is 6.02. The molecule has 41 heavy (non-hydrogen) atoms. The summed E-state index contributed by atoms with van der Waals surface area (Å²) in [5.74, 6) is -0.252. The molecule has 0 fully saturated rings. The van der Waals surface area contributed by atoms with Crippen LogP contribution in [0.2, 0.25) is 0 Å². The number of carbonyl (C=O) groups excluding carboxylic acids is 3. The summed E-state index contributed by atoms with van der Waals surface area (Å²) in [7, 11) is 0. The zero-order valence-electron chi connectivity index (χ0n) is 25.3. The van der Waals surface area contributed by atoms with E-state index in [1.165, 1.54) is 6.33 Å². The lowest BCUT2D eigenvalue weighted by Gasteiger charge is -2.29. The second-order valence-electron chi connectivity index (χ2n) is 11.9. The number of aromatic nitrogens is 2. The molecule has 5 N–H and O–H groups in total. The maximum Gasteiger partial charge on any atom is 0.408 e. The number of carbonyl (C=O) groups is 3. The van der Waals surface area contributed by atoms with Crippen LogP contribution >= 0.6 is 11.8 Å². The summed E-state index contributed by atoms with van der Waals surface area (Å²) < 4.78 is 5.40. The molecule has 0 unspecified atom stereocenters. The Morgan fingerprint density at radius 3 is 2.17 bits per heavy atom. The molecule has 3 amide bonds. The van der Waals surface area contributed by atoms with Gasteiger partial charge in [0, 0.05) is 30.5 Å². The molecule has 228 valence electrons. The second-order valence-corrected chi connectivity index (χ2v) is 13.5. The van der Waals surface area contributed by atoms with Crippen molar-refractivity contribution < 1.29 is 24.2 Å². The zero-order chi connectivity index (χ0) is 30.6. The van der Waals surface area contributed by atoms with Crippen molar-refractivity contribution in [1.82, 2.24) is 25.9 Å². The lowest BCUT2D eigenvalue weighted by atomic mass is 9.99. The second kappa shape index (κ2) is 16.4. The van der Waals surface area contributed by atoms with Gasteiger partial charge >= 0.3 is 6.09 Å². The van der Waals surface area contributed by atoms with E-state index in [1.807, 2.05) is 44.2 Å². The maximum atomic E-state index is 13.6. The van der Waals surface area contributed by atoms with Gasteiger partial charge in [-0.1, -0.05) is 58.0 Å². The van der Waals surface area contributed by atoms with Crippen LogP contribution in [0.5, 0.6) is 0 Å². The summed E-state index contributed by atoms with van der Waals surface area (Å²) in [5.41, 5.74) is 0.739. The fourth-order valence-corrected chi connectivity index (χ4v) is 4.93. The van der Waals surface area contributed by atoms with Crippen molar-refractivity contribution in [3.8, 4) is 0 Å². The van der Waals surface area contributed by atoms with Gasteiger partial charge in [-0.25, -0.2) is 9.78 Å². The van der Waals surface area contributed by atoms with E-state index < -0.39 is 47.7 Å². The third kappa shape index (κ3) is 13.4.